The van der Waals surface area contributed by atoms with E-state index in [2.05, 4.69) is 108 Å². The highest BCUT2D eigenvalue weighted by atomic mass is 16.2. The lowest BCUT2D eigenvalue weighted by Crippen LogP contribution is -2.48. The Kier molecular flexibility index (Phi) is 21.1. The Bertz CT molecular complexity index is 5080. The fourth-order valence-corrected chi connectivity index (χ4v) is 18.1. The molecule has 12 unspecified atom stereocenters. The second-order valence-corrected chi connectivity index (χ2v) is 32.0. The number of rotatable bonds is 16. The molecule has 4 saturated heterocycles. The van der Waals surface area contributed by atoms with Gasteiger partial charge in [0.2, 0.25) is 11.9 Å². The molecule has 4 aliphatic carbocycles. The summed E-state index contributed by atoms with van der Waals surface area (Å²) in [4.78, 5) is 103. The van der Waals surface area contributed by atoms with Crippen molar-refractivity contribution in [3.63, 3.8) is 0 Å². The van der Waals surface area contributed by atoms with Gasteiger partial charge >= 0.3 is 0 Å². The van der Waals surface area contributed by atoms with Gasteiger partial charge in [-0.25, -0.2) is 34.9 Å². The molecule has 8 bridgehead atoms. The standard InChI is InChI=1S/C22H24N6O.2C21H23N7O.C20H22N8O/c1-14-3-5-17(19(9-14)28-24-7-8-25-28)22(29)27-13-16-10-18(20(27)11-16)26-21-6-4-15(2)12-23-21;1-13-3-4-16(18(7-13)28-24-5-6-25-28)21(29)27-12-15-8-17(19(27)9-15)26-20-11-22-14(2)10-23-20;1-13-3-4-16(18(7-13)28-24-5-6-25-28)20(29)27-12-15-8-17(19(27)9-15)26-21-22-10-14(2)11-23-21;1-12-9-21-20(22-10-12)26-15-7-14-8-17(15)27(11-14)19(29)18-16(4-3-13(2)25-18)28-23-5-6-24-28/h3-9,12,16,18,20H,10-11,13H2,1-2H3,(H,23,26);3-7,10-11,15,17,19H,8-9,12H2,1-2H3,(H,23,26);3-7,10-11,15,17,19H,8-9,12H2,1-2H3,(H,22,23,26);3-6,9-10,14-15,17H,7-8,11H2,1-2H3,(H,21,22,26). The van der Waals surface area contributed by atoms with Crippen molar-refractivity contribution in [1.29, 1.82) is 0 Å². The molecule has 12 atom stereocenters. The summed E-state index contributed by atoms with van der Waals surface area (Å²) in [5, 5.41) is 47.7. The van der Waals surface area contributed by atoms with Crippen molar-refractivity contribution < 1.29 is 19.2 Å². The quantitative estimate of drug-likeness (QED) is 0.0699. The van der Waals surface area contributed by atoms with Crippen LogP contribution in [0.5, 0.6) is 0 Å². The van der Waals surface area contributed by atoms with Gasteiger partial charge < -0.3 is 40.9 Å². The molecule has 8 fully saturated rings. The predicted molar refractivity (Wildman–Crippen MR) is 431 cm³/mol. The zero-order valence-corrected chi connectivity index (χ0v) is 65.9. The van der Waals surface area contributed by atoms with E-state index in [0.29, 0.717) is 69.3 Å². The minimum Gasteiger partial charge on any atom is -0.365 e. The number of anilines is 4. The van der Waals surface area contributed by atoms with Crippen molar-refractivity contribution in [2.24, 2.45) is 23.7 Å². The molecule has 116 heavy (non-hydrogen) atoms. The summed E-state index contributed by atoms with van der Waals surface area (Å²) in [7, 11) is 0. The van der Waals surface area contributed by atoms with Crippen LogP contribution >= 0.6 is 0 Å². The average Bonchev–Trinajstić information content (AvgIpc) is 1.63. The van der Waals surface area contributed by atoms with Crippen LogP contribution in [0.2, 0.25) is 0 Å². The molecule has 32 nitrogen and oxygen atoms in total. The van der Waals surface area contributed by atoms with Crippen LogP contribution in [0, 0.1) is 79.1 Å². The van der Waals surface area contributed by atoms with Gasteiger partial charge in [0, 0.05) is 87.0 Å². The Morgan fingerprint density at radius 3 is 0.991 bits per heavy atom. The molecular weight excluding hydrogens is 1470 g/mol. The van der Waals surface area contributed by atoms with Crippen molar-refractivity contribution >= 4 is 47.2 Å². The summed E-state index contributed by atoms with van der Waals surface area (Å²) in [5.41, 5.74) is 13.1. The van der Waals surface area contributed by atoms with E-state index >= 15 is 0 Å². The second-order valence-electron chi connectivity index (χ2n) is 32.0. The average molecular weight is 1560 g/mol. The van der Waals surface area contributed by atoms with Crippen LogP contribution in [-0.4, -0.2) is 218 Å². The monoisotopic (exact) mass is 1560 g/mol. The number of aromatic nitrogens is 20. The lowest BCUT2D eigenvalue weighted by atomic mass is 10.0. The lowest BCUT2D eigenvalue weighted by molar-refractivity contribution is 0.0679. The minimum absolute atomic E-state index is 0.0288. The first-order chi connectivity index (χ1) is 56.3. The number of piperidine rings is 4. The Balaban J connectivity index is 0.000000111. The van der Waals surface area contributed by atoms with Gasteiger partial charge in [-0.3, -0.25) is 24.2 Å². The van der Waals surface area contributed by atoms with Gasteiger partial charge in [-0.05, 0) is 218 Å². The van der Waals surface area contributed by atoms with Gasteiger partial charge in [0.15, 0.2) is 5.69 Å². The molecule has 4 amide bonds. The SMILES string of the molecule is Cc1ccc(C(=O)N2CC3CC(Nc4cnc(C)cn4)C2C3)c(-n2nccn2)c1.Cc1ccc(NC2CC3CC2N(C(=O)c2ccc(C)cc2-n2nccn2)C3)nc1.Cc1cnc(NC2CC3CC2N(C(=O)c2ccc(C)cc2-n2nccn2)C3)nc1.Cc1cnc(NC2CC3CC2N(C(=O)c2nc(C)ccc2-n2nccn2)C3)nc1. The van der Waals surface area contributed by atoms with Gasteiger partial charge in [0.1, 0.15) is 17.3 Å². The highest BCUT2D eigenvalue weighted by Crippen LogP contribution is 2.44. The maximum absolute atomic E-state index is 13.5. The van der Waals surface area contributed by atoms with Gasteiger partial charge in [-0.15, -0.1) is 4.80 Å². The Morgan fingerprint density at radius 1 is 0.302 bits per heavy atom. The molecule has 0 spiro atoms. The van der Waals surface area contributed by atoms with Gasteiger partial charge in [-0.1, -0.05) is 24.3 Å². The number of nitrogens with one attached hydrogen (secondary N) is 4. The first-order valence-corrected chi connectivity index (χ1v) is 39.7. The fraction of sp³-hybridized carbons (Fsp3) is 0.381. The fourth-order valence-electron chi connectivity index (χ4n) is 18.1. The number of pyridine rings is 2. The summed E-state index contributed by atoms with van der Waals surface area (Å²) < 4.78 is 0. The topological polar surface area (TPSA) is 355 Å². The largest absolute Gasteiger partial charge is 0.365 e. The van der Waals surface area contributed by atoms with Crippen LogP contribution in [0.15, 0.2) is 172 Å². The van der Waals surface area contributed by atoms with E-state index in [-0.39, 0.29) is 72.0 Å². The molecular formula is C84H92N28O4. The number of likely N-dealkylation sites (tertiary alicyclic amines) is 4. The van der Waals surface area contributed by atoms with Gasteiger partial charge in [0.05, 0.1) is 126 Å². The third-order valence-corrected chi connectivity index (χ3v) is 23.4. The highest BCUT2D eigenvalue weighted by Gasteiger charge is 2.52. The molecule has 4 N–H and O–H groups in total. The summed E-state index contributed by atoms with van der Waals surface area (Å²) >= 11 is 0. The summed E-state index contributed by atoms with van der Waals surface area (Å²) in [6.07, 6.45) is 33.7. The number of aryl methyl sites for hydroxylation is 8. The van der Waals surface area contributed by atoms with Gasteiger partial charge in [0.25, 0.3) is 23.6 Å². The van der Waals surface area contributed by atoms with E-state index in [1.165, 1.54) is 19.2 Å². The molecule has 20 rings (SSSR count). The first-order valence-electron chi connectivity index (χ1n) is 39.7. The number of nitrogens with zero attached hydrogens (tertiary/aromatic N) is 24. The van der Waals surface area contributed by atoms with Crippen LogP contribution in [0.25, 0.3) is 22.7 Å². The summed E-state index contributed by atoms with van der Waals surface area (Å²) in [6.45, 7) is 18.9. The number of hydrogen-bond acceptors (Lipinski definition) is 24. The van der Waals surface area contributed by atoms with E-state index in [1.807, 2.05) is 154 Å². The second kappa shape index (κ2) is 32.4. The third-order valence-electron chi connectivity index (χ3n) is 23.4. The molecule has 592 valence electrons. The Labute approximate surface area is 670 Å². The van der Waals surface area contributed by atoms with Crippen molar-refractivity contribution in [1.82, 2.24) is 119 Å². The number of amides is 4. The third kappa shape index (κ3) is 16.0. The maximum Gasteiger partial charge on any atom is 0.275 e. The molecule has 9 aromatic heterocycles. The number of hydrogen-bond donors (Lipinski definition) is 4. The van der Waals surface area contributed by atoms with Crippen molar-refractivity contribution in [3.05, 3.63) is 239 Å². The van der Waals surface area contributed by atoms with E-state index < -0.39 is 0 Å². The Morgan fingerprint density at radius 2 is 0.638 bits per heavy atom. The summed E-state index contributed by atoms with van der Waals surface area (Å²) in [6, 6.07) is 26.5. The van der Waals surface area contributed by atoms with E-state index in [0.717, 1.165) is 145 Å². The van der Waals surface area contributed by atoms with Crippen molar-refractivity contribution in [2.75, 3.05) is 47.4 Å². The van der Waals surface area contributed by atoms with Crippen LogP contribution in [-0.2, 0) is 0 Å². The zero-order chi connectivity index (χ0) is 79.8. The highest BCUT2D eigenvalue weighted by molar-refractivity contribution is 6.00. The van der Waals surface area contributed by atoms with Crippen LogP contribution in [0.1, 0.15) is 138 Å². The number of carbonyl (C=O) groups is 4. The van der Waals surface area contributed by atoms with E-state index in [1.54, 1.807) is 86.8 Å². The number of carbonyl (C=O) groups excluding carboxylic acids is 4. The minimum atomic E-state index is -0.0789. The maximum atomic E-state index is 13.5. The van der Waals surface area contributed by atoms with Crippen LogP contribution < -0.4 is 21.3 Å². The lowest BCUT2D eigenvalue weighted by Gasteiger charge is -2.34. The Hall–Kier alpha value is -13.2. The summed E-state index contributed by atoms with van der Waals surface area (Å²) in [5.74, 6) is 4.92. The first kappa shape index (κ1) is 75.5. The number of fused-ring (bicyclic) bond motifs is 8. The predicted octanol–water partition coefficient (Wildman–Crippen LogP) is 9.56. The van der Waals surface area contributed by atoms with Crippen LogP contribution in [0.3, 0.4) is 0 Å². The van der Waals surface area contributed by atoms with Crippen molar-refractivity contribution in [2.45, 2.75) is 155 Å². The molecule has 4 aliphatic heterocycles. The van der Waals surface area contributed by atoms with Crippen molar-refractivity contribution in [3.8, 4) is 22.7 Å². The molecule has 12 aromatic rings. The molecule has 32 heteroatoms. The molecule has 0 radical (unpaired) electrons. The normalized spacial score (nSPS) is 22.8. The molecule has 3 aromatic carbocycles. The van der Waals surface area contributed by atoms with Crippen LogP contribution in [0.4, 0.5) is 23.5 Å². The smallest absolute Gasteiger partial charge is 0.275 e. The molecule has 13 heterocycles. The van der Waals surface area contributed by atoms with E-state index in [9.17, 15) is 19.2 Å². The molecule has 8 aliphatic rings. The van der Waals surface area contributed by atoms with E-state index in [4.69, 9.17) is 0 Å². The zero-order valence-electron chi connectivity index (χ0n) is 65.9. The number of benzene rings is 3. The van der Waals surface area contributed by atoms with Gasteiger partial charge in [-0.2, -0.15) is 55.2 Å². The molecule has 4 saturated carbocycles.